The summed E-state index contributed by atoms with van der Waals surface area (Å²) in [5.74, 6) is 2.30. The van der Waals surface area contributed by atoms with E-state index in [0.29, 0.717) is 17.9 Å². The zero-order valence-corrected chi connectivity index (χ0v) is 17.7. The number of rotatable bonds is 10. The van der Waals surface area contributed by atoms with E-state index < -0.39 is 0 Å². The third-order valence-corrected chi connectivity index (χ3v) is 6.08. The molecule has 0 fully saturated rings. The van der Waals surface area contributed by atoms with Crippen molar-refractivity contribution < 1.29 is 0 Å². The Morgan fingerprint density at radius 2 is 2.15 bits per heavy atom. The van der Waals surface area contributed by atoms with Gasteiger partial charge in [0.05, 0.1) is 16.9 Å². The Balaban J connectivity index is 1.39. The van der Waals surface area contributed by atoms with E-state index in [1.54, 1.807) is 23.0 Å². The number of hydrogen-bond donors (Lipinski definition) is 2. The molecule has 0 unspecified atom stereocenters. The van der Waals surface area contributed by atoms with Crippen LogP contribution in [-0.4, -0.2) is 51.2 Å². The van der Waals surface area contributed by atoms with Crippen LogP contribution < -0.4 is 10.9 Å². The Bertz CT molecular complexity index is 890. The van der Waals surface area contributed by atoms with Crippen LogP contribution in [0.4, 0.5) is 5.95 Å². The number of nitrogens with zero attached hydrogens (tertiary/aromatic N) is 4. The van der Waals surface area contributed by atoms with Crippen LogP contribution in [0.3, 0.4) is 0 Å². The number of hydrogen-bond acceptors (Lipinski definition) is 9. The smallest absolute Gasteiger partial charge is 0.255 e. The maximum atomic E-state index is 12.1. The van der Waals surface area contributed by atoms with Crippen LogP contribution in [0.1, 0.15) is 22.0 Å². The van der Waals surface area contributed by atoms with E-state index in [2.05, 4.69) is 35.5 Å². The zero-order chi connectivity index (χ0) is 19.1. The highest BCUT2D eigenvalue weighted by Crippen LogP contribution is 2.16. The van der Waals surface area contributed by atoms with Crippen molar-refractivity contribution >= 4 is 40.4 Å². The van der Waals surface area contributed by atoms with E-state index in [9.17, 15) is 4.79 Å². The Kier molecular flexibility index (Phi) is 7.39. The van der Waals surface area contributed by atoms with E-state index in [-0.39, 0.29) is 5.56 Å². The molecule has 7 nitrogen and oxygen atoms in total. The highest BCUT2D eigenvalue weighted by molar-refractivity contribution is 7.98. The topological polar surface area (TPSA) is 86.8 Å². The number of aromatic amines is 1. The maximum Gasteiger partial charge on any atom is 0.255 e. The molecule has 0 radical (unpaired) electrons. The molecule has 0 saturated carbocycles. The van der Waals surface area contributed by atoms with Crippen molar-refractivity contribution in [2.75, 3.05) is 31.7 Å². The Morgan fingerprint density at radius 3 is 2.89 bits per heavy atom. The van der Waals surface area contributed by atoms with Gasteiger partial charge >= 0.3 is 0 Å². The van der Waals surface area contributed by atoms with Crippen LogP contribution in [-0.2, 0) is 18.7 Å². The molecule has 0 aliphatic carbocycles. The first kappa shape index (κ1) is 20.0. The minimum absolute atomic E-state index is 0.121. The predicted octanol–water partition coefficient (Wildman–Crippen LogP) is 2.68. The largest absolute Gasteiger partial charge is 0.355 e. The Hall–Kier alpha value is -1.75. The van der Waals surface area contributed by atoms with E-state index in [1.807, 2.05) is 31.2 Å². The maximum absolute atomic E-state index is 12.1. The summed E-state index contributed by atoms with van der Waals surface area (Å²) in [6, 6.07) is 0. The fourth-order valence-electron chi connectivity index (χ4n) is 2.33. The van der Waals surface area contributed by atoms with Gasteiger partial charge in [0.2, 0.25) is 5.95 Å². The summed E-state index contributed by atoms with van der Waals surface area (Å²) >= 11 is 5.04. The summed E-state index contributed by atoms with van der Waals surface area (Å²) in [7, 11) is 4.09. The quantitative estimate of drug-likeness (QED) is 0.486. The van der Waals surface area contributed by atoms with Crippen molar-refractivity contribution in [3.8, 4) is 0 Å². The second-order valence-electron chi connectivity index (χ2n) is 6.19. The monoisotopic (exact) mass is 422 g/mol. The van der Waals surface area contributed by atoms with Crippen LogP contribution >= 0.6 is 34.4 Å². The molecular formula is C17H22N6OS3. The van der Waals surface area contributed by atoms with E-state index in [1.165, 1.54) is 11.3 Å². The normalized spacial score (nSPS) is 11.2. The highest BCUT2D eigenvalue weighted by Gasteiger charge is 2.06. The number of nitrogens with one attached hydrogen (secondary N) is 2. The minimum atomic E-state index is -0.121. The zero-order valence-electron chi connectivity index (χ0n) is 15.3. The molecule has 0 amide bonds. The molecule has 3 aromatic rings. The molecule has 3 rings (SSSR count). The van der Waals surface area contributed by atoms with Crippen molar-refractivity contribution in [2.24, 2.45) is 0 Å². The van der Waals surface area contributed by atoms with Crippen molar-refractivity contribution in [2.45, 2.75) is 18.7 Å². The SMILES string of the molecule is CN(C)Cc1nc(CSCCNc2ncc(Cc3cscn3)c(=O)[nH]2)cs1. The second kappa shape index (κ2) is 9.98. The van der Waals surface area contributed by atoms with Crippen molar-refractivity contribution in [3.05, 3.63) is 54.8 Å². The fraction of sp³-hybridized carbons (Fsp3) is 0.412. The van der Waals surface area contributed by atoms with Crippen molar-refractivity contribution in [3.63, 3.8) is 0 Å². The molecule has 0 bridgehead atoms. The molecule has 0 spiro atoms. The fourth-order valence-corrected chi connectivity index (χ4v) is 4.66. The molecule has 3 aromatic heterocycles. The molecule has 0 saturated heterocycles. The lowest BCUT2D eigenvalue weighted by atomic mass is 10.2. The number of H-pyrrole nitrogens is 1. The summed E-state index contributed by atoms with van der Waals surface area (Å²) in [6.07, 6.45) is 2.13. The number of thiazole rings is 2. The Morgan fingerprint density at radius 1 is 1.26 bits per heavy atom. The van der Waals surface area contributed by atoms with Gasteiger partial charge in [-0.3, -0.25) is 9.78 Å². The van der Waals surface area contributed by atoms with Crippen molar-refractivity contribution in [1.29, 1.82) is 0 Å². The van der Waals surface area contributed by atoms with E-state index >= 15 is 0 Å². The summed E-state index contributed by atoms with van der Waals surface area (Å²) in [5, 5.41) is 8.37. The van der Waals surface area contributed by atoms with Gasteiger partial charge in [-0.1, -0.05) is 0 Å². The number of thioether (sulfide) groups is 1. The van der Waals surface area contributed by atoms with Gasteiger partial charge in [-0.2, -0.15) is 11.8 Å². The Labute approximate surface area is 170 Å². The predicted molar refractivity (Wildman–Crippen MR) is 114 cm³/mol. The lowest BCUT2D eigenvalue weighted by Gasteiger charge is -2.06. The van der Waals surface area contributed by atoms with Gasteiger partial charge in [0, 0.05) is 53.5 Å². The van der Waals surface area contributed by atoms with Crippen molar-refractivity contribution in [1.82, 2.24) is 24.8 Å². The van der Waals surface area contributed by atoms with Crippen LogP contribution in [0.5, 0.6) is 0 Å². The minimum Gasteiger partial charge on any atom is -0.355 e. The van der Waals surface area contributed by atoms with E-state index in [4.69, 9.17) is 0 Å². The first-order valence-corrected chi connectivity index (χ1v) is 11.4. The first-order valence-electron chi connectivity index (χ1n) is 8.45. The van der Waals surface area contributed by atoms with Gasteiger partial charge in [-0.15, -0.1) is 22.7 Å². The van der Waals surface area contributed by atoms with Gasteiger partial charge in [0.15, 0.2) is 0 Å². The second-order valence-corrected chi connectivity index (χ2v) is 8.96. The lowest BCUT2D eigenvalue weighted by Crippen LogP contribution is -2.18. The van der Waals surface area contributed by atoms with Crippen LogP contribution in [0.15, 0.2) is 27.3 Å². The summed E-state index contributed by atoms with van der Waals surface area (Å²) in [6.45, 7) is 1.61. The number of anilines is 1. The van der Waals surface area contributed by atoms with Crippen LogP contribution in [0.2, 0.25) is 0 Å². The summed E-state index contributed by atoms with van der Waals surface area (Å²) in [5.41, 5.74) is 4.28. The van der Waals surface area contributed by atoms with Gasteiger partial charge in [-0.25, -0.2) is 15.0 Å². The molecule has 3 heterocycles. The first-order chi connectivity index (χ1) is 13.1. The molecule has 0 aliphatic heterocycles. The average Bonchev–Trinajstić information content (AvgIpc) is 3.28. The molecule has 2 N–H and O–H groups in total. The molecule has 0 aromatic carbocycles. The standard InChI is InChI=1S/C17H22N6OS3/c1-23(2)7-15-21-14(10-27-15)9-25-4-3-18-17-19-6-12(16(24)22-17)5-13-8-26-11-20-13/h6,8,10-11H,3-5,7,9H2,1-2H3,(H2,18,19,22,24). The third kappa shape index (κ3) is 6.42. The highest BCUT2D eigenvalue weighted by atomic mass is 32.2. The molecule has 144 valence electrons. The van der Waals surface area contributed by atoms with Gasteiger partial charge in [-0.05, 0) is 14.1 Å². The van der Waals surface area contributed by atoms with Gasteiger partial charge < -0.3 is 10.2 Å². The molecule has 0 aliphatic rings. The molecule has 27 heavy (non-hydrogen) atoms. The average molecular weight is 423 g/mol. The number of aromatic nitrogens is 4. The molecule has 10 heteroatoms. The van der Waals surface area contributed by atoms with Gasteiger partial charge in [0.25, 0.3) is 5.56 Å². The third-order valence-electron chi connectivity index (χ3n) is 3.57. The lowest BCUT2D eigenvalue weighted by molar-refractivity contribution is 0.401. The van der Waals surface area contributed by atoms with Crippen LogP contribution in [0.25, 0.3) is 0 Å². The van der Waals surface area contributed by atoms with E-state index in [0.717, 1.165) is 41.0 Å². The summed E-state index contributed by atoms with van der Waals surface area (Å²) in [4.78, 5) is 30.2. The van der Waals surface area contributed by atoms with Crippen LogP contribution in [0, 0.1) is 0 Å². The van der Waals surface area contributed by atoms with Gasteiger partial charge in [0.1, 0.15) is 5.01 Å². The molecule has 0 atom stereocenters. The summed E-state index contributed by atoms with van der Waals surface area (Å²) < 4.78 is 0. The molecular weight excluding hydrogens is 400 g/mol.